The smallest absolute Gasteiger partial charge is 0.137 e. The van der Waals surface area contributed by atoms with Gasteiger partial charge in [0.1, 0.15) is 11.4 Å². The standard InChI is InChI=1S/C13H15NO2S/c1-3-16-11-7-10(8-14-9-11)13(2,15)12-5-4-6-17-12/h4-9,15H,3H2,1-2H3. The number of aromatic nitrogens is 1. The third kappa shape index (κ3) is 2.48. The highest BCUT2D eigenvalue weighted by atomic mass is 32.1. The first-order chi connectivity index (χ1) is 8.14. The lowest BCUT2D eigenvalue weighted by molar-refractivity contribution is 0.105. The first-order valence-electron chi connectivity index (χ1n) is 5.49. The third-order valence-electron chi connectivity index (χ3n) is 2.59. The minimum atomic E-state index is -1.02. The molecule has 4 heteroatoms. The highest BCUT2D eigenvalue weighted by Crippen LogP contribution is 2.33. The number of aliphatic hydroxyl groups is 1. The Bertz CT molecular complexity index is 480. The maximum atomic E-state index is 10.6. The molecule has 17 heavy (non-hydrogen) atoms. The molecule has 90 valence electrons. The quantitative estimate of drug-likeness (QED) is 0.906. The number of nitrogens with zero attached hydrogens (tertiary/aromatic N) is 1. The number of pyridine rings is 1. The summed E-state index contributed by atoms with van der Waals surface area (Å²) in [5.41, 5.74) is -0.278. The van der Waals surface area contributed by atoms with E-state index in [4.69, 9.17) is 4.74 Å². The Morgan fingerprint density at radius 2 is 2.29 bits per heavy atom. The maximum Gasteiger partial charge on any atom is 0.137 e. The summed E-state index contributed by atoms with van der Waals surface area (Å²) in [6.45, 7) is 4.28. The monoisotopic (exact) mass is 249 g/mol. The average Bonchev–Trinajstić information content (AvgIpc) is 2.84. The molecule has 0 bridgehead atoms. The molecule has 0 aliphatic rings. The van der Waals surface area contributed by atoms with Gasteiger partial charge in [-0.25, -0.2) is 0 Å². The lowest BCUT2D eigenvalue weighted by Gasteiger charge is -2.22. The van der Waals surface area contributed by atoms with Crippen molar-refractivity contribution in [2.75, 3.05) is 6.61 Å². The van der Waals surface area contributed by atoms with Gasteiger partial charge in [0.25, 0.3) is 0 Å². The van der Waals surface area contributed by atoms with Crippen LogP contribution in [0.2, 0.25) is 0 Å². The Hall–Kier alpha value is -1.39. The molecule has 0 radical (unpaired) electrons. The van der Waals surface area contributed by atoms with Crippen molar-refractivity contribution >= 4 is 11.3 Å². The summed E-state index contributed by atoms with van der Waals surface area (Å²) in [4.78, 5) is 5.00. The molecule has 0 saturated carbocycles. The number of hydrogen-bond donors (Lipinski definition) is 1. The summed E-state index contributed by atoms with van der Waals surface area (Å²) in [6, 6.07) is 5.67. The molecule has 0 aromatic carbocycles. The average molecular weight is 249 g/mol. The number of ether oxygens (including phenoxy) is 1. The lowest BCUT2D eigenvalue weighted by Crippen LogP contribution is -2.21. The van der Waals surface area contributed by atoms with Crippen LogP contribution >= 0.6 is 11.3 Å². The van der Waals surface area contributed by atoms with Crippen LogP contribution in [0.5, 0.6) is 5.75 Å². The predicted octanol–water partition coefficient (Wildman–Crippen LogP) is 2.80. The SMILES string of the molecule is CCOc1cncc(C(C)(O)c2cccs2)c1. The van der Waals surface area contributed by atoms with E-state index in [-0.39, 0.29) is 0 Å². The zero-order valence-corrected chi connectivity index (χ0v) is 10.7. The highest BCUT2D eigenvalue weighted by Gasteiger charge is 2.27. The maximum absolute atomic E-state index is 10.6. The van der Waals surface area contributed by atoms with Gasteiger partial charge in [-0.3, -0.25) is 4.98 Å². The fourth-order valence-electron chi connectivity index (χ4n) is 1.63. The van der Waals surface area contributed by atoms with Gasteiger partial charge in [0, 0.05) is 16.6 Å². The van der Waals surface area contributed by atoms with Crippen LogP contribution in [0, 0.1) is 0 Å². The van der Waals surface area contributed by atoms with Crippen LogP contribution in [0.15, 0.2) is 36.0 Å². The van der Waals surface area contributed by atoms with Crippen molar-refractivity contribution in [1.29, 1.82) is 0 Å². The molecular weight excluding hydrogens is 234 g/mol. The van der Waals surface area contributed by atoms with E-state index >= 15 is 0 Å². The number of hydrogen-bond acceptors (Lipinski definition) is 4. The molecule has 0 aliphatic heterocycles. The number of thiophene rings is 1. The van der Waals surface area contributed by atoms with Crippen molar-refractivity contribution in [3.05, 3.63) is 46.4 Å². The van der Waals surface area contributed by atoms with E-state index in [2.05, 4.69) is 4.98 Å². The second kappa shape index (κ2) is 4.85. The van der Waals surface area contributed by atoms with Crippen LogP contribution in [-0.2, 0) is 5.60 Å². The van der Waals surface area contributed by atoms with Gasteiger partial charge in [-0.1, -0.05) is 6.07 Å². The molecule has 1 unspecified atom stereocenters. The summed E-state index contributed by atoms with van der Waals surface area (Å²) < 4.78 is 5.39. The summed E-state index contributed by atoms with van der Waals surface area (Å²) >= 11 is 1.53. The predicted molar refractivity (Wildman–Crippen MR) is 68.4 cm³/mol. The van der Waals surface area contributed by atoms with Crippen molar-refractivity contribution in [1.82, 2.24) is 4.98 Å². The summed E-state index contributed by atoms with van der Waals surface area (Å²) in [6.07, 6.45) is 3.32. The zero-order valence-electron chi connectivity index (χ0n) is 9.88. The fourth-order valence-corrected chi connectivity index (χ4v) is 2.44. The summed E-state index contributed by atoms with van der Waals surface area (Å²) in [5, 5.41) is 12.5. The van der Waals surface area contributed by atoms with Crippen LogP contribution in [-0.4, -0.2) is 16.7 Å². The lowest BCUT2D eigenvalue weighted by atomic mass is 9.96. The van der Waals surface area contributed by atoms with Gasteiger partial charge in [0.15, 0.2) is 0 Å². The van der Waals surface area contributed by atoms with Gasteiger partial charge in [0.05, 0.1) is 12.8 Å². The molecule has 0 saturated heterocycles. The molecule has 0 aliphatic carbocycles. The molecule has 0 amide bonds. The highest BCUT2D eigenvalue weighted by molar-refractivity contribution is 7.10. The molecule has 2 heterocycles. The molecule has 1 N–H and O–H groups in total. The summed E-state index contributed by atoms with van der Waals surface area (Å²) in [7, 11) is 0. The van der Waals surface area contributed by atoms with Crippen LogP contribution in [0.4, 0.5) is 0 Å². The van der Waals surface area contributed by atoms with E-state index in [1.807, 2.05) is 30.5 Å². The first-order valence-corrected chi connectivity index (χ1v) is 6.37. The van der Waals surface area contributed by atoms with Gasteiger partial charge < -0.3 is 9.84 Å². The Balaban J connectivity index is 2.36. The Morgan fingerprint density at radius 1 is 1.47 bits per heavy atom. The van der Waals surface area contributed by atoms with Crippen LogP contribution in [0.25, 0.3) is 0 Å². The minimum absolute atomic E-state index is 0.590. The fraction of sp³-hybridized carbons (Fsp3) is 0.308. The topological polar surface area (TPSA) is 42.4 Å². The van der Waals surface area contributed by atoms with E-state index in [1.54, 1.807) is 19.3 Å². The normalized spacial score (nSPS) is 14.3. The Labute approximate surface area is 105 Å². The van der Waals surface area contributed by atoms with Crippen molar-refractivity contribution in [3.63, 3.8) is 0 Å². The zero-order chi connectivity index (χ0) is 12.3. The minimum Gasteiger partial charge on any atom is -0.492 e. The van der Waals surface area contributed by atoms with Gasteiger partial charge in [-0.2, -0.15) is 0 Å². The summed E-state index contributed by atoms with van der Waals surface area (Å²) in [5.74, 6) is 0.682. The van der Waals surface area contributed by atoms with Crippen LogP contribution < -0.4 is 4.74 Å². The van der Waals surface area contributed by atoms with E-state index in [0.29, 0.717) is 12.4 Å². The molecule has 2 aromatic heterocycles. The Morgan fingerprint density at radius 3 is 2.94 bits per heavy atom. The molecule has 2 rings (SSSR count). The molecule has 0 spiro atoms. The molecule has 2 aromatic rings. The first kappa shape index (κ1) is 12.1. The van der Waals surface area contributed by atoms with Crippen LogP contribution in [0.1, 0.15) is 24.3 Å². The van der Waals surface area contributed by atoms with E-state index in [9.17, 15) is 5.11 Å². The van der Waals surface area contributed by atoms with Crippen molar-refractivity contribution < 1.29 is 9.84 Å². The van der Waals surface area contributed by atoms with E-state index in [0.717, 1.165) is 10.4 Å². The largest absolute Gasteiger partial charge is 0.492 e. The number of rotatable bonds is 4. The van der Waals surface area contributed by atoms with Crippen molar-refractivity contribution in [2.45, 2.75) is 19.4 Å². The third-order valence-corrected chi connectivity index (χ3v) is 3.67. The second-order valence-corrected chi connectivity index (χ2v) is 4.84. The van der Waals surface area contributed by atoms with Crippen molar-refractivity contribution in [2.24, 2.45) is 0 Å². The van der Waals surface area contributed by atoms with Crippen LogP contribution in [0.3, 0.4) is 0 Å². The molecule has 3 nitrogen and oxygen atoms in total. The van der Waals surface area contributed by atoms with Gasteiger partial charge in [0.2, 0.25) is 0 Å². The van der Waals surface area contributed by atoms with Crippen molar-refractivity contribution in [3.8, 4) is 5.75 Å². The molecular formula is C13H15NO2S. The van der Waals surface area contributed by atoms with E-state index in [1.165, 1.54) is 11.3 Å². The Kier molecular flexibility index (Phi) is 3.45. The van der Waals surface area contributed by atoms with Gasteiger partial charge in [-0.05, 0) is 31.4 Å². The van der Waals surface area contributed by atoms with Gasteiger partial charge >= 0.3 is 0 Å². The molecule has 1 atom stereocenters. The van der Waals surface area contributed by atoms with Gasteiger partial charge in [-0.15, -0.1) is 11.3 Å². The molecule has 0 fully saturated rings. The second-order valence-electron chi connectivity index (χ2n) is 3.89. The van der Waals surface area contributed by atoms with E-state index < -0.39 is 5.60 Å².